The van der Waals surface area contributed by atoms with Crippen LogP contribution in [0.15, 0.2) is 43.0 Å². The van der Waals surface area contributed by atoms with Crippen molar-refractivity contribution >= 4 is 72.5 Å². The van der Waals surface area contributed by atoms with E-state index in [1.54, 1.807) is 22.7 Å². The minimum Gasteiger partial charge on any atom is -0.289 e. The summed E-state index contributed by atoms with van der Waals surface area (Å²) < 4.78 is 2.19. The van der Waals surface area contributed by atoms with E-state index in [4.69, 9.17) is 0 Å². The fourth-order valence-corrected chi connectivity index (χ4v) is 5.12. The zero-order chi connectivity index (χ0) is 14.8. The summed E-state index contributed by atoms with van der Waals surface area (Å²) in [5, 5.41) is 0. The first kappa shape index (κ1) is 15.4. The number of halogens is 2. The maximum absolute atomic E-state index is 12.6. The van der Waals surface area contributed by atoms with Gasteiger partial charge in [0.25, 0.3) is 0 Å². The first-order chi connectivity index (χ1) is 10.1. The van der Waals surface area contributed by atoms with Crippen LogP contribution in [0.3, 0.4) is 0 Å². The van der Waals surface area contributed by atoms with Crippen molar-refractivity contribution in [3.05, 3.63) is 52.7 Å². The molecule has 1 nitrogen and oxygen atoms in total. The molecule has 0 amide bonds. The lowest BCUT2D eigenvalue weighted by atomic mass is 9.88. The second-order valence-corrected chi connectivity index (χ2v) is 9.79. The Bertz CT molecular complexity index is 677. The first-order valence-electron chi connectivity index (χ1n) is 6.58. The van der Waals surface area contributed by atoms with E-state index in [0.717, 1.165) is 47.7 Å². The number of ketones is 1. The van der Waals surface area contributed by atoms with E-state index in [9.17, 15) is 4.79 Å². The van der Waals surface area contributed by atoms with Gasteiger partial charge in [-0.2, -0.15) is 0 Å². The van der Waals surface area contributed by atoms with Crippen LogP contribution in [0, 0.1) is 0 Å². The molecule has 3 rings (SSSR count). The molecule has 0 N–H and O–H groups in total. The van der Waals surface area contributed by atoms with Crippen molar-refractivity contribution in [3.8, 4) is 0 Å². The van der Waals surface area contributed by atoms with E-state index >= 15 is 0 Å². The van der Waals surface area contributed by atoms with Gasteiger partial charge in [-0.1, -0.05) is 0 Å². The summed E-state index contributed by atoms with van der Waals surface area (Å²) in [6.07, 6.45) is 6.87. The highest BCUT2D eigenvalue weighted by Crippen LogP contribution is 2.32. The van der Waals surface area contributed by atoms with E-state index in [-0.39, 0.29) is 5.78 Å². The summed E-state index contributed by atoms with van der Waals surface area (Å²) in [6.45, 7) is 0. The van der Waals surface area contributed by atoms with E-state index < -0.39 is 0 Å². The van der Waals surface area contributed by atoms with Gasteiger partial charge in [-0.15, -0.1) is 22.7 Å². The third-order valence-corrected chi connectivity index (χ3v) is 6.44. The monoisotopic (exact) mass is 442 g/mol. The molecule has 1 saturated carbocycles. The molecule has 21 heavy (non-hydrogen) atoms. The molecule has 1 fully saturated rings. The smallest absolute Gasteiger partial charge is 0.185 e. The number of Topliss-reactive ketones (excluding diaryl/α,β-unsaturated/α-hetero) is 1. The Morgan fingerprint density at radius 2 is 1.33 bits per heavy atom. The topological polar surface area (TPSA) is 17.1 Å². The first-order valence-corrected chi connectivity index (χ1v) is 9.80. The maximum atomic E-state index is 12.6. The highest BCUT2D eigenvalue weighted by molar-refractivity contribution is 9.11. The molecule has 2 aromatic rings. The van der Waals surface area contributed by atoms with E-state index in [0.29, 0.717) is 0 Å². The Balaban J connectivity index is 1.87. The minimum absolute atomic E-state index is 0.204. The van der Waals surface area contributed by atoms with Gasteiger partial charge in [-0.3, -0.25) is 4.79 Å². The Morgan fingerprint density at radius 1 is 0.857 bits per heavy atom. The number of carbonyl (C=O) groups excluding carboxylic acids is 1. The zero-order valence-corrected chi connectivity index (χ0v) is 15.9. The van der Waals surface area contributed by atoms with Crippen LogP contribution in [-0.4, -0.2) is 5.78 Å². The second-order valence-electron chi connectivity index (χ2n) is 4.81. The molecule has 0 atom stereocenters. The quantitative estimate of drug-likeness (QED) is 0.480. The normalized spacial score (nSPS) is 19.6. The molecule has 1 aliphatic carbocycles. The average Bonchev–Trinajstić information content (AvgIpc) is 3.03. The van der Waals surface area contributed by atoms with Crippen molar-refractivity contribution in [1.29, 1.82) is 0 Å². The molecule has 5 heteroatoms. The van der Waals surface area contributed by atoms with Gasteiger partial charge >= 0.3 is 0 Å². The fourth-order valence-electron chi connectivity index (χ4n) is 2.33. The van der Waals surface area contributed by atoms with Crippen molar-refractivity contribution in [3.63, 3.8) is 0 Å². The van der Waals surface area contributed by atoms with Gasteiger partial charge in [0, 0.05) is 20.9 Å². The summed E-state index contributed by atoms with van der Waals surface area (Å²) in [4.78, 5) is 14.9. The third-order valence-electron chi connectivity index (χ3n) is 3.30. The maximum Gasteiger partial charge on any atom is 0.185 e. The number of thiophene rings is 2. The van der Waals surface area contributed by atoms with Crippen molar-refractivity contribution in [2.24, 2.45) is 0 Å². The van der Waals surface area contributed by atoms with Gasteiger partial charge in [0.15, 0.2) is 5.78 Å². The van der Waals surface area contributed by atoms with E-state index in [1.807, 2.05) is 36.4 Å². The van der Waals surface area contributed by atoms with Gasteiger partial charge in [0.1, 0.15) is 0 Å². The molecule has 108 valence electrons. The van der Waals surface area contributed by atoms with Crippen molar-refractivity contribution in [2.75, 3.05) is 0 Å². The molecule has 0 radical (unpaired) electrons. The van der Waals surface area contributed by atoms with Crippen LogP contribution in [-0.2, 0) is 4.79 Å². The van der Waals surface area contributed by atoms with Crippen molar-refractivity contribution < 1.29 is 4.79 Å². The largest absolute Gasteiger partial charge is 0.289 e. The van der Waals surface area contributed by atoms with Gasteiger partial charge in [0.05, 0.1) is 7.57 Å². The number of carbonyl (C=O) groups is 1. The third kappa shape index (κ3) is 3.83. The van der Waals surface area contributed by atoms with Crippen LogP contribution >= 0.6 is 54.5 Å². The molecule has 2 heterocycles. The lowest BCUT2D eigenvalue weighted by Gasteiger charge is -2.16. The zero-order valence-electron chi connectivity index (χ0n) is 11.1. The molecular formula is C16H12Br2OS2. The summed E-state index contributed by atoms with van der Waals surface area (Å²) in [5.74, 6) is 0.204. The lowest BCUT2D eigenvalue weighted by Crippen LogP contribution is -2.11. The number of hydrogen-bond donors (Lipinski definition) is 0. The molecule has 0 bridgehead atoms. The average molecular weight is 444 g/mol. The summed E-state index contributed by atoms with van der Waals surface area (Å²) in [5.41, 5.74) is 1.86. The number of allylic oxidation sites excluding steroid dienone is 2. The minimum atomic E-state index is 0.204. The summed E-state index contributed by atoms with van der Waals surface area (Å²) >= 11 is 10.2. The molecular weight excluding hydrogens is 432 g/mol. The van der Waals surface area contributed by atoms with Crippen LogP contribution in [0.5, 0.6) is 0 Å². The summed E-state index contributed by atoms with van der Waals surface area (Å²) in [6, 6.07) is 8.13. The molecule has 0 aliphatic heterocycles. The second kappa shape index (κ2) is 6.73. The Morgan fingerprint density at radius 3 is 1.71 bits per heavy atom. The SMILES string of the molecule is O=C1C(=Cc2ccc(Br)s2)CCCC1=Cc1ccc(Br)s1. The standard InChI is InChI=1S/C16H12Br2OS2/c17-14-6-4-12(20-14)8-10-2-1-3-11(16(10)19)9-13-5-7-15(18)21-13/h4-9H,1-3H2. The highest BCUT2D eigenvalue weighted by atomic mass is 79.9. The van der Waals surface area contributed by atoms with Gasteiger partial charge in [0.2, 0.25) is 0 Å². The molecule has 1 aliphatic rings. The predicted octanol–water partition coefficient (Wildman–Crippen LogP) is 6.55. The van der Waals surface area contributed by atoms with Gasteiger partial charge < -0.3 is 0 Å². The fraction of sp³-hybridized carbons (Fsp3) is 0.188. The van der Waals surface area contributed by atoms with Crippen molar-refractivity contribution in [1.82, 2.24) is 0 Å². The van der Waals surface area contributed by atoms with Gasteiger partial charge in [-0.05, 0) is 87.5 Å². The molecule has 2 aromatic heterocycles. The molecule has 0 spiro atoms. The number of rotatable bonds is 2. The lowest BCUT2D eigenvalue weighted by molar-refractivity contribution is -0.112. The van der Waals surface area contributed by atoms with Crippen LogP contribution in [0.25, 0.3) is 12.2 Å². The van der Waals surface area contributed by atoms with Crippen LogP contribution in [0.4, 0.5) is 0 Å². The van der Waals surface area contributed by atoms with Gasteiger partial charge in [-0.25, -0.2) is 0 Å². The van der Waals surface area contributed by atoms with Crippen LogP contribution < -0.4 is 0 Å². The number of hydrogen-bond acceptors (Lipinski definition) is 3. The Hall–Kier alpha value is -0.490. The summed E-state index contributed by atoms with van der Waals surface area (Å²) in [7, 11) is 0. The molecule has 0 aromatic carbocycles. The Kier molecular flexibility index (Phi) is 4.94. The van der Waals surface area contributed by atoms with Crippen LogP contribution in [0.2, 0.25) is 0 Å². The van der Waals surface area contributed by atoms with Crippen molar-refractivity contribution in [2.45, 2.75) is 19.3 Å². The van der Waals surface area contributed by atoms with E-state index in [1.165, 1.54) is 0 Å². The van der Waals surface area contributed by atoms with E-state index in [2.05, 4.69) is 31.9 Å². The highest BCUT2D eigenvalue weighted by Gasteiger charge is 2.20. The Labute approximate surface area is 148 Å². The predicted molar refractivity (Wildman–Crippen MR) is 98.9 cm³/mol. The molecule has 0 saturated heterocycles. The van der Waals surface area contributed by atoms with Crippen LogP contribution in [0.1, 0.15) is 29.0 Å². The molecule has 0 unspecified atom stereocenters.